The largest absolute Gasteiger partial charge is 0.481 e. The van der Waals surface area contributed by atoms with Crippen molar-refractivity contribution in [3.8, 4) is 0 Å². The second kappa shape index (κ2) is 5.63. The highest BCUT2D eigenvalue weighted by atomic mass is 32.2. The molecule has 2 rings (SSSR count). The van der Waals surface area contributed by atoms with Crippen LogP contribution in [0.25, 0.3) is 0 Å². The van der Waals surface area contributed by atoms with E-state index in [2.05, 4.69) is 18.8 Å². The fraction of sp³-hybridized carbons (Fsp3) is 0.636. The summed E-state index contributed by atoms with van der Waals surface area (Å²) in [6, 6.07) is 0. The number of hydrogen-bond donors (Lipinski definition) is 1. The van der Waals surface area contributed by atoms with E-state index >= 15 is 0 Å². The summed E-state index contributed by atoms with van der Waals surface area (Å²) in [6.45, 7) is 4.51. The Morgan fingerprint density at radius 3 is 2.94 bits per heavy atom. The zero-order valence-corrected chi connectivity index (χ0v) is 12.2. The molecule has 1 aromatic rings. The number of carboxylic acids is 1. The molecule has 3 unspecified atom stereocenters. The molecule has 3 nitrogen and oxygen atoms in total. The summed E-state index contributed by atoms with van der Waals surface area (Å²) in [7, 11) is 0. The highest BCUT2D eigenvalue weighted by molar-refractivity contribution is 8.07. The Bertz CT molecular complexity index is 407. The molecule has 0 spiro atoms. The van der Waals surface area contributed by atoms with Crippen molar-refractivity contribution in [2.45, 2.75) is 36.0 Å². The smallest absolute Gasteiger partial charge is 0.309 e. The maximum absolute atomic E-state index is 10.6. The normalized spacial score (nSPS) is 29.2. The molecule has 0 aromatic carbocycles. The minimum absolute atomic E-state index is 0.0347. The molecule has 17 heavy (non-hydrogen) atoms. The van der Waals surface area contributed by atoms with Gasteiger partial charge in [-0.05, 0) is 0 Å². The van der Waals surface area contributed by atoms with Gasteiger partial charge in [0.05, 0.1) is 17.4 Å². The Morgan fingerprint density at radius 2 is 2.29 bits per heavy atom. The van der Waals surface area contributed by atoms with Crippen molar-refractivity contribution in [2.24, 2.45) is 0 Å². The van der Waals surface area contributed by atoms with Gasteiger partial charge >= 0.3 is 5.97 Å². The fourth-order valence-electron chi connectivity index (χ4n) is 1.62. The monoisotopic (exact) mass is 289 g/mol. The molecule has 2 heterocycles. The number of carbonyl (C=O) groups is 1. The predicted octanol–water partition coefficient (Wildman–Crippen LogP) is 3.07. The van der Waals surface area contributed by atoms with Gasteiger partial charge in [0, 0.05) is 21.6 Å². The van der Waals surface area contributed by atoms with Crippen molar-refractivity contribution in [3.05, 3.63) is 16.1 Å². The lowest BCUT2D eigenvalue weighted by atomic mass is 10.3. The van der Waals surface area contributed by atoms with E-state index < -0.39 is 5.97 Å². The van der Waals surface area contributed by atoms with E-state index in [1.807, 2.05) is 28.9 Å². The quantitative estimate of drug-likeness (QED) is 0.926. The first-order chi connectivity index (χ1) is 8.06. The van der Waals surface area contributed by atoms with Crippen LogP contribution in [0.3, 0.4) is 0 Å². The van der Waals surface area contributed by atoms with Crippen LogP contribution in [0.4, 0.5) is 0 Å². The molecular formula is C11H15NO2S3. The van der Waals surface area contributed by atoms with Gasteiger partial charge in [-0.2, -0.15) is 11.8 Å². The van der Waals surface area contributed by atoms with E-state index in [9.17, 15) is 4.79 Å². The third-order valence-corrected chi connectivity index (χ3v) is 7.28. The number of thioether (sulfide) groups is 2. The molecule has 6 heteroatoms. The van der Waals surface area contributed by atoms with Crippen LogP contribution in [0.1, 0.15) is 29.8 Å². The second-order valence-electron chi connectivity index (χ2n) is 4.12. The molecule has 1 fully saturated rings. The Morgan fingerprint density at radius 1 is 1.53 bits per heavy atom. The van der Waals surface area contributed by atoms with Gasteiger partial charge in [0.2, 0.25) is 0 Å². The molecule has 94 valence electrons. The van der Waals surface area contributed by atoms with Crippen LogP contribution < -0.4 is 0 Å². The van der Waals surface area contributed by atoms with E-state index in [4.69, 9.17) is 5.11 Å². The summed E-state index contributed by atoms with van der Waals surface area (Å²) >= 11 is 5.53. The second-order valence-corrected chi connectivity index (χ2v) is 8.00. The van der Waals surface area contributed by atoms with Crippen molar-refractivity contribution in [2.75, 3.05) is 5.75 Å². The first-order valence-electron chi connectivity index (χ1n) is 5.49. The van der Waals surface area contributed by atoms with Gasteiger partial charge in [0.1, 0.15) is 5.01 Å². The lowest BCUT2D eigenvalue weighted by molar-refractivity contribution is -0.136. The third kappa shape index (κ3) is 3.39. The topological polar surface area (TPSA) is 50.2 Å². The van der Waals surface area contributed by atoms with Crippen molar-refractivity contribution in [1.82, 2.24) is 4.98 Å². The molecule has 1 saturated heterocycles. The molecule has 0 bridgehead atoms. The van der Waals surface area contributed by atoms with Gasteiger partial charge in [-0.1, -0.05) is 13.8 Å². The van der Waals surface area contributed by atoms with Crippen LogP contribution in [0.5, 0.6) is 0 Å². The molecule has 1 aliphatic rings. The van der Waals surface area contributed by atoms with Crippen molar-refractivity contribution >= 4 is 40.8 Å². The fourth-order valence-corrected chi connectivity index (χ4v) is 5.65. The van der Waals surface area contributed by atoms with Gasteiger partial charge < -0.3 is 5.11 Å². The summed E-state index contributed by atoms with van der Waals surface area (Å²) in [4.78, 5) is 15.0. The Kier molecular flexibility index (Phi) is 4.38. The molecule has 0 saturated carbocycles. The third-order valence-electron chi connectivity index (χ3n) is 2.73. The lowest BCUT2D eigenvalue weighted by Gasteiger charge is -2.30. The van der Waals surface area contributed by atoms with E-state index in [-0.39, 0.29) is 6.42 Å². The number of thiazole rings is 1. The molecule has 0 radical (unpaired) electrons. The maximum atomic E-state index is 10.6. The van der Waals surface area contributed by atoms with Crippen LogP contribution in [0, 0.1) is 0 Å². The summed E-state index contributed by atoms with van der Waals surface area (Å²) in [5, 5.41) is 13.4. The Balaban J connectivity index is 2.02. The highest BCUT2D eigenvalue weighted by Crippen LogP contribution is 2.44. The van der Waals surface area contributed by atoms with Crippen LogP contribution in [0.15, 0.2) is 5.38 Å². The van der Waals surface area contributed by atoms with Crippen molar-refractivity contribution < 1.29 is 9.90 Å². The average Bonchev–Trinajstić information content (AvgIpc) is 2.69. The van der Waals surface area contributed by atoms with Crippen molar-refractivity contribution in [3.63, 3.8) is 0 Å². The van der Waals surface area contributed by atoms with E-state index in [0.717, 1.165) is 10.8 Å². The molecule has 3 atom stereocenters. The first kappa shape index (κ1) is 13.2. The van der Waals surface area contributed by atoms with Gasteiger partial charge in [-0.25, -0.2) is 4.98 Å². The number of aromatic nitrogens is 1. The number of carboxylic acid groups (broad SMARTS) is 1. The van der Waals surface area contributed by atoms with Crippen LogP contribution in [-0.4, -0.2) is 32.3 Å². The number of hydrogen-bond acceptors (Lipinski definition) is 5. The van der Waals surface area contributed by atoms with Crippen LogP contribution in [0.2, 0.25) is 0 Å². The number of rotatable bonds is 3. The summed E-state index contributed by atoms with van der Waals surface area (Å²) in [6.07, 6.45) is 0.0347. The molecule has 1 aromatic heterocycles. The van der Waals surface area contributed by atoms with E-state index in [1.165, 1.54) is 0 Å². The van der Waals surface area contributed by atoms with Gasteiger partial charge in [0.25, 0.3) is 0 Å². The predicted molar refractivity (Wildman–Crippen MR) is 75.2 cm³/mol. The molecule has 1 N–H and O–H groups in total. The highest BCUT2D eigenvalue weighted by Gasteiger charge is 2.28. The first-order valence-corrected chi connectivity index (χ1v) is 8.36. The zero-order valence-electron chi connectivity index (χ0n) is 9.75. The van der Waals surface area contributed by atoms with Crippen LogP contribution >= 0.6 is 34.9 Å². The van der Waals surface area contributed by atoms with Crippen LogP contribution in [-0.2, 0) is 11.2 Å². The molecule has 0 amide bonds. The van der Waals surface area contributed by atoms with Crippen molar-refractivity contribution in [1.29, 1.82) is 0 Å². The zero-order chi connectivity index (χ0) is 12.4. The Hall–Kier alpha value is -0.200. The standard InChI is InChI=1S/C11H15NO2S3/c1-6-7(2)17-9(5-15-6)11-12-8(4-16-11)3-10(13)14/h4,6-7,9H,3,5H2,1-2H3,(H,13,14). The number of aliphatic carboxylic acids is 1. The SMILES string of the molecule is CC1SCC(c2nc(CC(=O)O)cs2)SC1C. The van der Waals surface area contributed by atoms with Gasteiger partial charge in [-0.15, -0.1) is 23.1 Å². The minimum atomic E-state index is -0.811. The number of nitrogens with zero attached hydrogens (tertiary/aromatic N) is 1. The maximum Gasteiger partial charge on any atom is 0.309 e. The lowest BCUT2D eigenvalue weighted by Crippen LogP contribution is -2.21. The van der Waals surface area contributed by atoms with E-state index in [1.54, 1.807) is 11.3 Å². The minimum Gasteiger partial charge on any atom is -0.481 e. The van der Waals surface area contributed by atoms with Gasteiger partial charge in [0.15, 0.2) is 0 Å². The summed E-state index contributed by atoms with van der Waals surface area (Å²) < 4.78 is 0. The van der Waals surface area contributed by atoms with E-state index in [0.29, 0.717) is 21.4 Å². The summed E-state index contributed by atoms with van der Waals surface area (Å²) in [5.41, 5.74) is 0.689. The van der Waals surface area contributed by atoms with Gasteiger partial charge in [-0.3, -0.25) is 4.79 Å². The Labute approximate surface area is 113 Å². The molecular weight excluding hydrogens is 274 g/mol. The molecule has 1 aliphatic heterocycles. The molecule has 0 aliphatic carbocycles. The average molecular weight is 289 g/mol. The summed E-state index contributed by atoms with van der Waals surface area (Å²) in [5.74, 6) is 0.269.